The predicted molar refractivity (Wildman–Crippen MR) is 433 cm³/mol. The Kier molecular flexibility index (Phi) is 14.0. The van der Waals surface area contributed by atoms with Crippen LogP contribution in [0.4, 0.5) is 34.1 Å². The second kappa shape index (κ2) is 24.3. The first-order valence-electron chi connectivity index (χ1n) is 35.3. The Morgan fingerprint density at radius 1 is 0.206 bits per heavy atom. The van der Waals surface area contributed by atoms with Gasteiger partial charge in [-0.2, -0.15) is 0 Å². The molecule has 4 heteroatoms. The fourth-order valence-corrected chi connectivity index (χ4v) is 16.8. The molecule has 17 aromatic carbocycles. The van der Waals surface area contributed by atoms with Crippen LogP contribution in [0.2, 0.25) is 0 Å². The average molecular weight is 1290 g/mol. The number of anilines is 6. The SMILES string of the molecule is c1ccc(-c2ccc3c(c2)B2c4ccc(-c5c6ccccc6cc6ccccc56)cc4N(c4c(-c5ccccc5)cc(-c5ccccc5)cc4-c4ccccc4)c4cc(-n5c6ccccc6c6ccccc65)cc(c42)N3c2c(-c3ccccc3)cc(-c3ccccc3)cc2-c2ccccc2)cc1. The second-order valence-corrected chi connectivity index (χ2v) is 27.0. The molecule has 3 heterocycles. The molecule has 20 rings (SSSR count). The van der Waals surface area contributed by atoms with Crippen LogP contribution >= 0.6 is 0 Å². The van der Waals surface area contributed by atoms with E-state index in [0.29, 0.717) is 0 Å². The van der Waals surface area contributed by atoms with Crippen LogP contribution in [0.25, 0.3) is 138 Å². The molecular weight excluding hydrogens is 1230 g/mol. The number of benzene rings is 17. The van der Waals surface area contributed by atoms with Crippen molar-refractivity contribution in [2.45, 2.75) is 0 Å². The van der Waals surface area contributed by atoms with Gasteiger partial charge in [0.1, 0.15) is 0 Å². The first-order chi connectivity index (χ1) is 50.6. The fraction of sp³-hybridized carbons (Fsp3) is 0. The maximum atomic E-state index is 2.72. The van der Waals surface area contributed by atoms with E-state index in [2.05, 4.69) is 403 Å². The van der Waals surface area contributed by atoms with Crippen molar-refractivity contribution in [2.75, 3.05) is 9.80 Å². The lowest BCUT2D eigenvalue weighted by Gasteiger charge is -2.46. The van der Waals surface area contributed by atoms with Crippen LogP contribution in [0.5, 0.6) is 0 Å². The monoisotopic (exact) mass is 1290 g/mol. The lowest BCUT2D eigenvalue weighted by Crippen LogP contribution is -2.61. The van der Waals surface area contributed by atoms with Gasteiger partial charge in [-0.25, -0.2) is 0 Å². The Labute approximate surface area is 594 Å². The quantitative estimate of drug-likeness (QED) is 0.0944. The van der Waals surface area contributed by atoms with E-state index >= 15 is 0 Å². The number of rotatable bonds is 11. The van der Waals surface area contributed by atoms with Crippen molar-refractivity contribution in [3.05, 3.63) is 388 Å². The molecule has 0 fully saturated rings. The van der Waals surface area contributed by atoms with Gasteiger partial charge in [-0.15, -0.1) is 0 Å². The van der Waals surface area contributed by atoms with Crippen LogP contribution in [-0.2, 0) is 0 Å². The van der Waals surface area contributed by atoms with E-state index in [0.717, 1.165) is 134 Å². The van der Waals surface area contributed by atoms with Crippen molar-refractivity contribution in [1.29, 1.82) is 0 Å². The van der Waals surface area contributed by atoms with Crippen molar-refractivity contribution in [1.82, 2.24) is 4.57 Å². The van der Waals surface area contributed by atoms with Gasteiger partial charge >= 0.3 is 0 Å². The van der Waals surface area contributed by atoms with Crippen molar-refractivity contribution < 1.29 is 0 Å². The van der Waals surface area contributed by atoms with Gasteiger partial charge in [0.2, 0.25) is 0 Å². The van der Waals surface area contributed by atoms with Gasteiger partial charge in [0.15, 0.2) is 0 Å². The summed E-state index contributed by atoms with van der Waals surface area (Å²) in [6, 6.07) is 145. The minimum absolute atomic E-state index is 0.283. The summed E-state index contributed by atoms with van der Waals surface area (Å²) in [5, 5.41) is 7.24. The molecule has 0 unspecified atom stereocenters. The molecule has 474 valence electrons. The molecule has 2 aliphatic heterocycles. The maximum absolute atomic E-state index is 2.72. The van der Waals surface area contributed by atoms with Crippen molar-refractivity contribution in [2.24, 2.45) is 0 Å². The van der Waals surface area contributed by atoms with Crippen molar-refractivity contribution >= 4 is 101 Å². The van der Waals surface area contributed by atoms with Crippen molar-refractivity contribution in [3.63, 3.8) is 0 Å². The summed E-state index contributed by atoms with van der Waals surface area (Å²) in [5.41, 5.74) is 31.8. The van der Waals surface area contributed by atoms with Crippen LogP contribution in [-0.4, -0.2) is 11.3 Å². The summed E-state index contributed by atoms with van der Waals surface area (Å²) in [7, 11) is 0. The van der Waals surface area contributed by atoms with Crippen LogP contribution in [0.3, 0.4) is 0 Å². The van der Waals surface area contributed by atoms with Gasteiger partial charge in [0.25, 0.3) is 6.71 Å². The number of para-hydroxylation sites is 2. The molecule has 0 saturated carbocycles. The van der Waals surface area contributed by atoms with E-state index in [1.165, 1.54) is 54.3 Å². The van der Waals surface area contributed by atoms with Crippen LogP contribution in [0, 0.1) is 0 Å². The number of fused-ring (bicyclic) bond motifs is 9. The topological polar surface area (TPSA) is 11.4 Å². The normalized spacial score (nSPS) is 12.3. The molecule has 3 nitrogen and oxygen atoms in total. The molecule has 0 bridgehead atoms. The van der Waals surface area contributed by atoms with Crippen LogP contribution < -0.4 is 26.2 Å². The largest absolute Gasteiger partial charge is 0.310 e. The minimum atomic E-state index is -0.283. The number of aromatic nitrogens is 1. The summed E-state index contributed by atoms with van der Waals surface area (Å²) in [6.45, 7) is -0.283. The van der Waals surface area contributed by atoms with E-state index in [4.69, 9.17) is 0 Å². The zero-order chi connectivity index (χ0) is 67.2. The lowest BCUT2D eigenvalue weighted by molar-refractivity contribution is 1.16. The molecule has 0 spiro atoms. The van der Waals surface area contributed by atoms with Gasteiger partial charge in [-0.05, 0) is 171 Å². The van der Waals surface area contributed by atoms with E-state index in [1.54, 1.807) is 0 Å². The fourth-order valence-electron chi connectivity index (χ4n) is 16.8. The number of nitrogens with zero attached hydrogens (tertiary/aromatic N) is 3. The molecule has 0 amide bonds. The van der Waals surface area contributed by atoms with Crippen LogP contribution in [0.15, 0.2) is 388 Å². The zero-order valence-electron chi connectivity index (χ0n) is 55.9. The molecule has 0 radical (unpaired) electrons. The van der Waals surface area contributed by atoms with E-state index in [1.807, 2.05) is 0 Å². The van der Waals surface area contributed by atoms with Gasteiger partial charge in [-0.1, -0.05) is 322 Å². The molecule has 18 aromatic rings. The van der Waals surface area contributed by atoms with Gasteiger partial charge in [0, 0.05) is 55.8 Å². The Morgan fingerprint density at radius 3 is 0.990 bits per heavy atom. The summed E-state index contributed by atoms with van der Waals surface area (Å²) in [4.78, 5) is 5.40. The van der Waals surface area contributed by atoms with Gasteiger partial charge in [-0.3, -0.25) is 0 Å². The molecule has 102 heavy (non-hydrogen) atoms. The highest BCUT2D eigenvalue weighted by atomic mass is 15.2. The third-order valence-corrected chi connectivity index (χ3v) is 21.3. The lowest BCUT2D eigenvalue weighted by atomic mass is 9.33. The molecule has 2 aliphatic rings. The smallest absolute Gasteiger partial charge is 0.252 e. The third-order valence-electron chi connectivity index (χ3n) is 21.3. The number of hydrogen-bond donors (Lipinski definition) is 0. The first-order valence-corrected chi connectivity index (χ1v) is 35.3. The first kappa shape index (κ1) is 58.8. The molecule has 0 atom stereocenters. The van der Waals surface area contributed by atoms with E-state index in [-0.39, 0.29) is 6.71 Å². The summed E-state index contributed by atoms with van der Waals surface area (Å²) in [6.07, 6.45) is 0. The van der Waals surface area contributed by atoms with Gasteiger partial charge < -0.3 is 14.4 Å². The Morgan fingerprint density at radius 2 is 0.559 bits per heavy atom. The summed E-state index contributed by atoms with van der Waals surface area (Å²) < 4.78 is 2.54. The highest BCUT2D eigenvalue weighted by Crippen LogP contribution is 2.56. The predicted octanol–water partition coefficient (Wildman–Crippen LogP) is 24.5. The number of hydrogen-bond acceptors (Lipinski definition) is 2. The second-order valence-electron chi connectivity index (χ2n) is 27.0. The minimum Gasteiger partial charge on any atom is -0.310 e. The Bertz CT molecular complexity index is 6060. The molecule has 0 saturated heterocycles. The van der Waals surface area contributed by atoms with Gasteiger partial charge in [0.05, 0.1) is 28.1 Å². The molecule has 1 aromatic heterocycles. The maximum Gasteiger partial charge on any atom is 0.252 e. The van der Waals surface area contributed by atoms with Crippen LogP contribution in [0.1, 0.15) is 0 Å². The van der Waals surface area contributed by atoms with E-state index < -0.39 is 0 Å². The molecule has 0 N–H and O–H groups in total. The highest BCUT2D eigenvalue weighted by Gasteiger charge is 2.46. The highest BCUT2D eigenvalue weighted by molar-refractivity contribution is 7.00. The van der Waals surface area contributed by atoms with E-state index in [9.17, 15) is 0 Å². The average Bonchev–Trinajstić information content (AvgIpc) is 0.736. The van der Waals surface area contributed by atoms with Crippen molar-refractivity contribution in [3.8, 4) is 94.7 Å². The third kappa shape index (κ3) is 9.67. The summed E-state index contributed by atoms with van der Waals surface area (Å²) >= 11 is 0. The Hall–Kier alpha value is -13.3. The zero-order valence-corrected chi connectivity index (χ0v) is 55.9. The summed E-state index contributed by atoms with van der Waals surface area (Å²) in [5.74, 6) is 0. The molecular formula is C98H64BN3. The standard InChI is InChI=1S/C98H64BN3/c1-8-30-65(31-9-1)72-53-55-91-88(61-72)99-87-54-52-75(95-79-46-24-22-44-73(79)56-74-45-23-25-47-80(74)95)62-92(87)102(98-85(70-40-18-6-19-41-70)59-77(67-34-12-3-13-35-67)60-86(98)71-42-20-7-21-43-71)94-64-78(100-89-50-28-26-48-81(89)82-49-27-29-51-90(82)100)63-93(96(94)99)101(91)97-83(68-36-14-4-15-37-68)57-76(66-32-10-2-11-33-66)58-84(97)69-38-16-5-17-39-69/h1-64H. The molecule has 0 aliphatic carbocycles. The Balaban J connectivity index is 1.00.